The van der Waals surface area contributed by atoms with Crippen molar-refractivity contribution >= 4 is 21.9 Å². The maximum atomic E-state index is 12.3. The van der Waals surface area contributed by atoms with E-state index in [-0.39, 0.29) is 12.5 Å². The molecule has 0 amide bonds. The van der Waals surface area contributed by atoms with Crippen LogP contribution in [0.1, 0.15) is 29.7 Å². The second-order valence-corrected chi connectivity index (χ2v) is 9.15. The largest absolute Gasteiger partial charge is 0.492 e. The predicted molar refractivity (Wildman–Crippen MR) is 142 cm³/mol. The Labute approximate surface area is 220 Å². The first-order valence-electron chi connectivity index (χ1n) is 11.6. The van der Waals surface area contributed by atoms with Crippen LogP contribution in [-0.2, 0) is 27.5 Å². The van der Waals surface area contributed by atoms with Crippen LogP contribution in [-0.4, -0.2) is 31.4 Å². The number of aliphatic hydroxyl groups excluding tert-OH is 1. The fourth-order valence-electron chi connectivity index (χ4n) is 3.61. The molecule has 1 N–H and O–H groups in total. The quantitative estimate of drug-likeness (QED) is 0.218. The summed E-state index contributed by atoms with van der Waals surface area (Å²) >= 11 is 3.51. The van der Waals surface area contributed by atoms with Crippen LogP contribution in [0.5, 0.6) is 11.5 Å². The Bertz CT molecular complexity index is 1130. The van der Waals surface area contributed by atoms with Crippen molar-refractivity contribution in [3.05, 3.63) is 106 Å². The summed E-state index contributed by atoms with van der Waals surface area (Å²) < 4.78 is 23.1. The number of ether oxygens (including phenoxy) is 4. The van der Waals surface area contributed by atoms with E-state index in [0.29, 0.717) is 23.7 Å². The molecule has 0 aliphatic heterocycles. The first-order chi connectivity index (χ1) is 17.4. The average molecular weight is 555 g/mol. The van der Waals surface area contributed by atoms with Crippen LogP contribution in [0.3, 0.4) is 0 Å². The maximum Gasteiger partial charge on any atom is 0.339 e. The van der Waals surface area contributed by atoms with Crippen molar-refractivity contribution in [3.8, 4) is 11.5 Å². The molecule has 0 aromatic heterocycles. The van der Waals surface area contributed by atoms with Crippen molar-refractivity contribution in [2.45, 2.75) is 32.3 Å². The first-order valence-corrected chi connectivity index (χ1v) is 12.4. The molecule has 6 nitrogen and oxygen atoms in total. The van der Waals surface area contributed by atoms with Gasteiger partial charge in [-0.2, -0.15) is 0 Å². The van der Waals surface area contributed by atoms with Gasteiger partial charge in [-0.3, -0.25) is 0 Å². The molecule has 0 radical (unpaired) electrons. The van der Waals surface area contributed by atoms with E-state index in [1.807, 2.05) is 73.7 Å². The third kappa shape index (κ3) is 7.68. The van der Waals surface area contributed by atoms with E-state index in [1.165, 1.54) is 7.11 Å². The Morgan fingerprint density at radius 2 is 1.56 bits per heavy atom. The van der Waals surface area contributed by atoms with Crippen LogP contribution in [0, 0.1) is 5.92 Å². The topological polar surface area (TPSA) is 74.2 Å². The number of carbonyl (C=O) groups excluding carboxylic acids is 1. The molecule has 0 saturated carbocycles. The zero-order chi connectivity index (χ0) is 25.9. The van der Waals surface area contributed by atoms with Gasteiger partial charge < -0.3 is 24.1 Å². The Balaban J connectivity index is 1.75. The highest BCUT2D eigenvalue weighted by molar-refractivity contribution is 9.10. The summed E-state index contributed by atoms with van der Waals surface area (Å²) in [5, 5.41) is 11.2. The fourth-order valence-corrected chi connectivity index (χ4v) is 4.07. The van der Waals surface area contributed by atoms with Crippen molar-refractivity contribution in [3.63, 3.8) is 0 Å². The lowest BCUT2D eigenvalue weighted by atomic mass is 9.95. The second-order valence-electron chi connectivity index (χ2n) is 8.23. The highest BCUT2D eigenvalue weighted by Gasteiger charge is 2.24. The third-order valence-electron chi connectivity index (χ3n) is 5.60. The first kappa shape index (κ1) is 27.5. The lowest BCUT2D eigenvalue weighted by Gasteiger charge is -2.22. The van der Waals surface area contributed by atoms with Crippen molar-refractivity contribution in [2.24, 2.45) is 5.92 Å². The summed E-state index contributed by atoms with van der Waals surface area (Å²) in [5.74, 6) is 0.0782. The normalized spacial score (nSPS) is 13.7. The summed E-state index contributed by atoms with van der Waals surface area (Å²) in [6.45, 7) is 2.46. The van der Waals surface area contributed by atoms with Crippen LogP contribution in [0.15, 0.2) is 89.4 Å². The number of aliphatic hydroxyl groups is 1. The molecule has 3 aromatic rings. The molecule has 0 spiro atoms. The van der Waals surface area contributed by atoms with Gasteiger partial charge in [-0.25, -0.2) is 4.79 Å². The Morgan fingerprint density at radius 1 is 0.944 bits per heavy atom. The minimum Gasteiger partial charge on any atom is -0.492 e. The maximum absolute atomic E-state index is 12.3. The van der Waals surface area contributed by atoms with Gasteiger partial charge in [0.15, 0.2) is 17.6 Å². The Kier molecular flexibility index (Phi) is 10.5. The molecular formula is C29H31BrO6. The van der Waals surface area contributed by atoms with Gasteiger partial charge in [0, 0.05) is 16.0 Å². The van der Waals surface area contributed by atoms with Crippen LogP contribution in [0.2, 0.25) is 0 Å². The summed E-state index contributed by atoms with van der Waals surface area (Å²) in [6.07, 6.45) is 1.52. The molecule has 3 rings (SSSR count). The van der Waals surface area contributed by atoms with Gasteiger partial charge >= 0.3 is 5.97 Å². The second kappa shape index (κ2) is 13.8. The number of esters is 1. The van der Waals surface area contributed by atoms with Crippen LogP contribution >= 0.6 is 15.9 Å². The molecule has 0 saturated heterocycles. The summed E-state index contributed by atoms with van der Waals surface area (Å²) in [7, 11) is 2.86. The van der Waals surface area contributed by atoms with Gasteiger partial charge in [-0.15, -0.1) is 0 Å². The minimum atomic E-state index is -0.930. The summed E-state index contributed by atoms with van der Waals surface area (Å²) in [6, 6.07) is 23.0. The predicted octanol–water partition coefficient (Wildman–Crippen LogP) is 6.02. The number of carbonyl (C=O) groups is 1. The zero-order valence-corrected chi connectivity index (χ0v) is 22.2. The summed E-state index contributed by atoms with van der Waals surface area (Å²) in [4.78, 5) is 12.3. The third-order valence-corrected chi connectivity index (χ3v) is 6.06. The molecule has 36 heavy (non-hydrogen) atoms. The van der Waals surface area contributed by atoms with Gasteiger partial charge in [-0.1, -0.05) is 89.6 Å². The minimum absolute atomic E-state index is 0.253. The molecule has 3 aromatic carbocycles. The van der Waals surface area contributed by atoms with E-state index in [4.69, 9.17) is 18.9 Å². The number of methoxy groups -OCH3 is 2. The van der Waals surface area contributed by atoms with Crippen molar-refractivity contribution in [1.29, 1.82) is 0 Å². The highest BCUT2D eigenvalue weighted by Crippen LogP contribution is 2.40. The molecule has 0 unspecified atom stereocenters. The Hall–Kier alpha value is -3.13. The molecule has 7 heteroatoms. The lowest BCUT2D eigenvalue weighted by Crippen LogP contribution is -2.24. The molecule has 0 fully saturated rings. The van der Waals surface area contributed by atoms with Gasteiger partial charge in [0.1, 0.15) is 6.61 Å². The van der Waals surface area contributed by atoms with Crippen molar-refractivity contribution in [2.75, 3.05) is 14.2 Å². The SMILES string of the molecule is COC(=O)[C@H](/C=C/[C@H](C)[C@@H](O)c1cc(Br)cc(OCc2ccccc2)c1OC)OCc1ccccc1. The number of hydrogen-bond donors (Lipinski definition) is 1. The Morgan fingerprint density at radius 3 is 2.14 bits per heavy atom. The highest BCUT2D eigenvalue weighted by atomic mass is 79.9. The van der Waals surface area contributed by atoms with Crippen LogP contribution in [0.25, 0.3) is 0 Å². The van der Waals surface area contributed by atoms with E-state index in [1.54, 1.807) is 25.3 Å². The van der Waals surface area contributed by atoms with Crippen LogP contribution < -0.4 is 9.47 Å². The molecule has 190 valence electrons. The van der Waals surface area contributed by atoms with E-state index in [2.05, 4.69) is 15.9 Å². The lowest BCUT2D eigenvalue weighted by molar-refractivity contribution is -0.151. The van der Waals surface area contributed by atoms with Gasteiger partial charge in [0.25, 0.3) is 0 Å². The molecular weight excluding hydrogens is 524 g/mol. The zero-order valence-electron chi connectivity index (χ0n) is 20.6. The number of halogens is 1. The molecule has 0 bridgehead atoms. The number of rotatable bonds is 12. The van der Waals surface area contributed by atoms with E-state index in [0.717, 1.165) is 15.6 Å². The average Bonchev–Trinajstić information content (AvgIpc) is 2.91. The van der Waals surface area contributed by atoms with E-state index < -0.39 is 18.2 Å². The van der Waals surface area contributed by atoms with Gasteiger partial charge in [0.05, 0.1) is 26.9 Å². The van der Waals surface area contributed by atoms with E-state index in [9.17, 15) is 9.90 Å². The molecule has 0 heterocycles. The molecule has 0 aliphatic rings. The van der Waals surface area contributed by atoms with Crippen LogP contribution in [0.4, 0.5) is 0 Å². The van der Waals surface area contributed by atoms with Crippen molar-refractivity contribution < 1.29 is 28.8 Å². The van der Waals surface area contributed by atoms with Gasteiger partial charge in [-0.05, 0) is 29.3 Å². The standard InChI is InChI=1S/C29H31BrO6/c1-20(14-15-25(29(32)34-3)35-18-21-10-6-4-7-11-21)27(31)24-16-23(30)17-26(28(24)33-2)36-19-22-12-8-5-9-13-22/h4-17,20,25,27,31H,18-19H2,1-3H3/b15-14+/t20-,25-,27+/m0/s1. The molecule has 0 aliphatic carbocycles. The number of hydrogen-bond acceptors (Lipinski definition) is 6. The number of benzene rings is 3. The molecule has 3 atom stereocenters. The monoisotopic (exact) mass is 554 g/mol. The van der Waals surface area contributed by atoms with Crippen molar-refractivity contribution in [1.82, 2.24) is 0 Å². The van der Waals surface area contributed by atoms with Gasteiger partial charge in [0.2, 0.25) is 0 Å². The summed E-state index contributed by atoms with van der Waals surface area (Å²) in [5.41, 5.74) is 2.52. The van der Waals surface area contributed by atoms with E-state index >= 15 is 0 Å². The fraction of sp³-hybridized carbons (Fsp3) is 0.276. The smallest absolute Gasteiger partial charge is 0.339 e.